The molecule has 2 aromatic carbocycles. The number of carbonyl (C=O) groups is 2. The quantitative estimate of drug-likeness (QED) is 0.706. The van der Waals surface area contributed by atoms with E-state index in [0.717, 1.165) is 11.3 Å². The fraction of sp³-hybridized carbons (Fsp3) is 0.318. The number of hydrogen-bond donors (Lipinski definition) is 0. The lowest BCUT2D eigenvalue weighted by Crippen LogP contribution is -2.36. The van der Waals surface area contributed by atoms with Crippen molar-refractivity contribution in [2.75, 3.05) is 19.6 Å². The zero-order valence-corrected chi connectivity index (χ0v) is 16.3. The van der Waals surface area contributed by atoms with Crippen LogP contribution in [0.1, 0.15) is 28.2 Å². The Morgan fingerprint density at radius 1 is 1.04 bits per heavy atom. The number of rotatable bonds is 3. The fourth-order valence-corrected chi connectivity index (χ4v) is 3.77. The van der Waals surface area contributed by atoms with Gasteiger partial charge >= 0.3 is 0 Å². The van der Waals surface area contributed by atoms with Crippen LogP contribution in [0, 0.1) is 6.92 Å². The first kappa shape index (κ1) is 18.2. The Morgan fingerprint density at radius 3 is 2.57 bits per heavy atom. The Bertz CT molecular complexity index is 1040. The lowest BCUT2D eigenvalue weighted by atomic mass is 10.1. The molecule has 2 heterocycles. The Labute approximate surface area is 164 Å². The topological polar surface area (TPSA) is 58.4 Å². The summed E-state index contributed by atoms with van der Waals surface area (Å²) in [5.74, 6) is 0.0214. The molecule has 0 bridgehead atoms. The first-order valence-electron chi connectivity index (χ1n) is 9.56. The van der Waals surface area contributed by atoms with Gasteiger partial charge in [-0.3, -0.25) is 14.3 Å². The van der Waals surface area contributed by atoms with Gasteiger partial charge in [0.15, 0.2) is 0 Å². The minimum absolute atomic E-state index is 0.0662. The zero-order valence-electron chi connectivity index (χ0n) is 16.3. The number of aryl methyl sites for hydroxylation is 2. The van der Waals surface area contributed by atoms with Crippen LogP contribution in [0.15, 0.2) is 48.5 Å². The third-order valence-corrected chi connectivity index (χ3v) is 5.28. The predicted molar refractivity (Wildman–Crippen MR) is 108 cm³/mol. The molecular formula is C22H24N4O2. The lowest BCUT2D eigenvalue weighted by Gasteiger charge is -2.22. The number of hydrogen-bond acceptors (Lipinski definition) is 3. The van der Waals surface area contributed by atoms with Crippen molar-refractivity contribution in [1.29, 1.82) is 0 Å². The van der Waals surface area contributed by atoms with Crippen molar-refractivity contribution in [3.8, 4) is 0 Å². The van der Waals surface area contributed by atoms with Crippen molar-refractivity contribution in [2.24, 2.45) is 7.05 Å². The molecule has 0 N–H and O–H groups in total. The number of aromatic nitrogens is 2. The van der Waals surface area contributed by atoms with Crippen LogP contribution in [0.4, 0.5) is 0 Å². The fourth-order valence-electron chi connectivity index (χ4n) is 3.77. The molecule has 0 spiro atoms. The predicted octanol–water partition coefficient (Wildman–Crippen LogP) is 2.76. The van der Waals surface area contributed by atoms with Crippen LogP contribution < -0.4 is 0 Å². The van der Waals surface area contributed by atoms with Crippen LogP contribution in [0.5, 0.6) is 0 Å². The summed E-state index contributed by atoms with van der Waals surface area (Å²) in [4.78, 5) is 29.1. The second kappa shape index (κ2) is 7.46. The van der Waals surface area contributed by atoms with E-state index in [1.165, 1.54) is 10.8 Å². The van der Waals surface area contributed by atoms with Crippen LogP contribution in [-0.2, 0) is 18.4 Å². The number of benzene rings is 2. The van der Waals surface area contributed by atoms with E-state index in [2.05, 4.69) is 35.4 Å². The first-order chi connectivity index (χ1) is 13.5. The van der Waals surface area contributed by atoms with E-state index < -0.39 is 0 Å². The van der Waals surface area contributed by atoms with Gasteiger partial charge in [-0.25, -0.2) is 0 Å². The van der Waals surface area contributed by atoms with Crippen LogP contribution in [0.25, 0.3) is 10.8 Å². The van der Waals surface area contributed by atoms with E-state index in [1.54, 1.807) is 22.7 Å². The van der Waals surface area contributed by atoms with Crippen molar-refractivity contribution in [3.05, 3.63) is 65.5 Å². The Morgan fingerprint density at radius 2 is 1.82 bits per heavy atom. The van der Waals surface area contributed by atoms with Gasteiger partial charge in [-0.1, -0.05) is 36.4 Å². The van der Waals surface area contributed by atoms with Gasteiger partial charge in [-0.2, -0.15) is 5.10 Å². The molecule has 0 unspecified atom stereocenters. The Balaban J connectivity index is 1.47. The number of carbonyl (C=O) groups excluding carboxylic acids is 2. The highest BCUT2D eigenvalue weighted by molar-refractivity contribution is 5.93. The van der Waals surface area contributed by atoms with Crippen molar-refractivity contribution in [2.45, 2.75) is 19.9 Å². The van der Waals surface area contributed by atoms with Crippen LogP contribution in [0.2, 0.25) is 0 Å². The average molecular weight is 376 g/mol. The van der Waals surface area contributed by atoms with E-state index >= 15 is 0 Å². The molecule has 1 aliphatic rings. The highest BCUT2D eigenvalue weighted by Crippen LogP contribution is 2.18. The molecule has 144 valence electrons. The van der Waals surface area contributed by atoms with Gasteiger partial charge in [0.25, 0.3) is 5.91 Å². The van der Waals surface area contributed by atoms with E-state index in [9.17, 15) is 9.59 Å². The minimum Gasteiger partial charge on any atom is -0.337 e. The molecule has 1 aromatic heterocycles. The van der Waals surface area contributed by atoms with Crippen molar-refractivity contribution in [1.82, 2.24) is 19.6 Å². The Kier molecular flexibility index (Phi) is 4.86. The highest BCUT2D eigenvalue weighted by atomic mass is 16.2. The number of amides is 2. The molecule has 28 heavy (non-hydrogen) atoms. The van der Waals surface area contributed by atoms with Crippen LogP contribution in [-0.4, -0.2) is 51.0 Å². The normalized spacial score (nSPS) is 15.1. The molecule has 0 aliphatic carbocycles. The lowest BCUT2D eigenvalue weighted by molar-refractivity contribution is -0.130. The SMILES string of the molecule is Cc1cc(C(=O)N2CCC(=O)N(Cc3ccc4ccccc4c3)CC2)n(C)n1. The van der Waals surface area contributed by atoms with E-state index in [4.69, 9.17) is 0 Å². The number of nitrogens with zero attached hydrogens (tertiary/aromatic N) is 4. The molecule has 6 heteroatoms. The summed E-state index contributed by atoms with van der Waals surface area (Å²) in [7, 11) is 1.77. The average Bonchev–Trinajstić information content (AvgIpc) is 2.93. The highest BCUT2D eigenvalue weighted by Gasteiger charge is 2.26. The van der Waals surface area contributed by atoms with Gasteiger partial charge in [-0.15, -0.1) is 0 Å². The number of fused-ring (bicyclic) bond motifs is 1. The maximum atomic E-state index is 12.8. The summed E-state index contributed by atoms with van der Waals surface area (Å²) in [6.07, 6.45) is 0.343. The van der Waals surface area contributed by atoms with E-state index in [0.29, 0.717) is 38.3 Å². The molecule has 6 nitrogen and oxygen atoms in total. The Hall–Kier alpha value is -3.15. The molecule has 4 rings (SSSR count). The zero-order chi connectivity index (χ0) is 19.7. The molecule has 0 atom stereocenters. The summed E-state index contributed by atoms with van der Waals surface area (Å²) in [6.45, 7) is 3.94. The summed E-state index contributed by atoms with van der Waals surface area (Å²) in [5, 5.41) is 6.62. The van der Waals surface area contributed by atoms with Crippen molar-refractivity contribution < 1.29 is 9.59 Å². The van der Waals surface area contributed by atoms with Crippen molar-refractivity contribution >= 4 is 22.6 Å². The smallest absolute Gasteiger partial charge is 0.272 e. The molecule has 0 radical (unpaired) electrons. The third kappa shape index (κ3) is 3.63. The molecule has 0 saturated carbocycles. The van der Waals surface area contributed by atoms with Gasteiger partial charge in [-0.05, 0) is 35.4 Å². The summed E-state index contributed by atoms with van der Waals surface area (Å²) in [6, 6.07) is 16.3. The summed E-state index contributed by atoms with van der Waals surface area (Å²) < 4.78 is 1.61. The monoisotopic (exact) mass is 376 g/mol. The molecule has 1 fully saturated rings. The standard InChI is InChI=1S/C22H24N4O2/c1-16-13-20(24(2)23-16)22(28)25-10-9-21(27)26(12-11-25)15-17-7-8-18-5-3-4-6-19(18)14-17/h3-8,13-14H,9-12,15H2,1-2H3. The molecule has 2 amide bonds. The van der Waals surface area contributed by atoms with E-state index in [-0.39, 0.29) is 11.8 Å². The van der Waals surface area contributed by atoms with Crippen molar-refractivity contribution in [3.63, 3.8) is 0 Å². The maximum Gasteiger partial charge on any atom is 0.272 e. The molecule has 1 aliphatic heterocycles. The second-order valence-corrected chi connectivity index (χ2v) is 7.33. The molecular weight excluding hydrogens is 352 g/mol. The third-order valence-electron chi connectivity index (χ3n) is 5.28. The minimum atomic E-state index is -0.0662. The van der Waals surface area contributed by atoms with Gasteiger partial charge in [0.1, 0.15) is 5.69 Å². The molecule has 1 saturated heterocycles. The molecule has 3 aromatic rings. The van der Waals surface area contributed by atoms with Gasteiger partial charge in [0.2, 0.25) is 5.91 Å². The van der Waals surface area contributed by atoms with E-state index in [1.807, 2.05) is 24.0 Å². The van der Waals surface area contributed by atoms with Gasteiger partial charge in [0.05, 0.1) is 5.69 Å². The first-order valence-corrected chi connectivity index (χ1v) is 9.56. The largest absolute Gasteiger partial charge is 0.337 e. The second-order valence-electron chi connectivity index (χ2n) is 7.33. The maximum absolute atomic E-state index is 12.8. The van der Waals surface area contributed by atoms with Gasteiger partial charge in [0, 0.05) is 39.6 Å². The summed E-state index contributed by atoms with van der Waals surface area (Å²) >= 11 is 0. The van der Waals surface area contributed by atoms with Gasteiger partial charge < -0.3 is 9.80 Å². The van der Waals surface area contributed by atoms with Crippen LogP contribution in [0.3, 0.4) is 0 Å². The summed E-state index contributed by atoms with van der Waals surface area (Å²) in [5.41, 5.74) is 2.48. The van der Waals surface area contributed by atoms with Crippen LogP contribution >= 0.6 is 0 Å².